The Morgan fingerprint density at radius 1 is 0.882 bits per heavy atom. The van der Waals surface area contributed by atoms with Gasteiger partial charge in [0.15, 0.2) is 0 Å². The van der Waals surface area contributed by atoms with Crippen molar-refractivity contribution in [1.82, 2.24) is 0 Å². The molecule has 0 saturated carbocycles. The highest BCUT2D eigenvalue weighted by molar-refractivity contribution is 7.21. The van der Waals surface area contributed by atoms with Gasteiger partial charge in [-0.2, -0.15) is 11.5 Å². The lowest BCUT2D eigenvalue weighted by Gasteiger charge is -2.14. The molecule has 0 unspecified atom stereocenters. The molecule has 2 rings (SSSR count). The van der Waals surface area contributed by atoms with Gasteiger partial charge in [0.2, 0.25) is 0 Å². The van der Waals surface area contributed by atoms with E-state index in [1.54, 1.807) is 0 Å². The third kappa shape index (κ3) is 2.55. The Bertz CT molecular complexity index is 497. The van der Waals surface area contributed by atoms with Gasteiger partial charge in [0.05, 0.1) is 0 Å². The highest BCUT2D eigenvalue weighted by Gasteiger charge is 2.20. The summed E-state index contributed by atoms with van der Waals surface area (Å²) < 4.78 is 0. The first-order valence-electron chi connectivity index (χ1n) is 5.86. The lowest BCUT2D eigenvalue weighted by Crippen LogP contribution is -2.40. The van der Waals surface area contributed by atoms with Crippen molar-refractivity contribution < 1.29 is 0 Å². The van der Waals surface area contributed by atoms with Crippen molar-refractivity contribution in [3.05, 3.63) is 59.2 Å². The molecular weight excluding hydrogens is 226 g/mol. The molecule has 0 fully saturated rings. The van der Waals surface area contributed by atoms with Crippen LogP contribution in [0.3, 0.4) is 0 Å². The van der Waals surface area contributed by atoms with E-state index in [1.807, 2.05) is 18.2 Å². The molecule has 0 spiro atoms. The topological polar surface area (TPSA) is 0 Å². The van der Waals surface area contributed by atoms with Crippen LogP contribution in [0.2, 0.25) is 0 Å². The van der Waals surface area contributed by atoms with Crippen LogP contribution < -0.4 is 10.9 Å². The molecule has 2 aromatic carbocycles. The minimum absolute atomic E-state index is 0.0585. The molecule has 17 heavy (non-hydrogen) atoms. The van der Waals surface area contributed by atoms with Crippen LogP contribution in [0.15, 0.2) is 42.5 Å². The largest absolute Gasteiger partial charge is 0.316 e. The van der Waals surface area contributed by atoms with Crippen LogP contribution in [0, 0.1) is 20.8 Å². The van der Waals surface area contributed by atoms with E-state index in [0.29, 0.717) is 0 Å². The molecular formula is C15H16BCl. The monoisotopic (exact) mass is 242 g/mol. The standard InChI is InChI=1S/C15H16BCl/c1-11-9-12(2)15(13(3)10-11)16(17)14-7-5-4-6-8-14/h4-10H,1-3H3. The molecule has 2 aromatic rings. The zero-order valence-electron chi connectivity index (χ0n) is 10.5. The van der Waals surface area contributed by atoms with Gasteiger partial charge in [0, 0.05) is 0 Å². The van der Waals surface area contributed by atoms with Gasteiger partial charge in [-0.15, -0.1) is 0 Å². The SMILES string of the molecule is Cc1cc(C)c(B(Cl)c2ccccc2)c(C)c1. The molecule has 0 amide bonds. The fourth-order valence-corrected chi connectivity index (χ4v) is 2.87. The minimum atomic E-state index is -0.0585. The van der Waals surface area contributed by atoms with Crippen molar-refractivity contribution in [2.24, 2.45) is 0 Å². The van der Waals surface area contributed by atoms with Gasteiger partial charge in [0.25, 0.3) is 0 Å². The van der Waals surface area contributed by atoms with Crippen LogP contribution in [-0.2, 0) is 0 Å². The number of rotatable bonds is 2. The van der Waals surface area contributed by atoms with E-state index in [2.05, 4.69) is 45.0 Å². The van der Waals surface area contributed by atoms with Gasteiger partial charge in [-0.05, 0) is 20.8 Å². The van der Waals surface area contributed by atoms with E-state index >= 15 is 0 Å². The molecule has 0 aliphatic heterocycles. The molecule has 86 valence electrons. The molecule has 0 N–H and O–H groups in total. The lowest BCUT2D eigenvalue weighted by atomic mass is 9.59. The molecule has 0 heterocycles. The zero-order valence-corrected chi connectivity index (χ0v) is 11.3. The van der Waals surface area contributed by atoms with Crippen LogP contribution >= 0.6 is 11.5 Å². The van der Waals surface area contributed by atoms with Gasteiger partial charge in [-0.25, -0.2) is 0 Å². The van der Waals surface area contributed by atoms with Gasteiger partial charge in [0.1, 0.15) is 0 Å². The number of benzene rings is 2. The van der Waals surface area contributed by atoms with Crippen molar-refractivity contribution in [1.29, 1.82) is 0 Å². The Labute approximate surface area is 109 Å². The molecule has 0 bridgehead atoms. The van der Waals surface area contributed by atoms with E-state index in [0.717, 1.165) is 5.46 Å². The summed E-state index contributed by atoms with van der Waals surface area (Å²) >= 11 is 6.59. The minimum Gasteiger partial charge on any atom is -0.182 e. The number of hydrogen-bond donors (Lipinski definition) is 0. The number of hydrogen-bond acceptors (Lipinski definition) is 0. The summed E-state index contributed by atoms with van der Waals surface area (Å²) in [4.78, 5) is 0. The molecule has 0 aromatic heterocycles. The maximum Gasteiger partial charge on any atom is 0.316 e. The fourth-order valence-electron chi connectivity index (χ4n) is 2.38. The van der Waals surface area contributed by atoms with E-state index in [9.17, 15) is 0 Å². The summed E-state index contributed by atoms with van der Waals surface area (Å²) in [6.07, 6.45) is -0.0585. The maximum absolute atomic E-state index is 6.59. The fraction of sp³-hybridized carbons (Fsp3) is 0.200. The quantitative estimate of drug-likeness (QED) is 0.711. The normalized spacial score (nSPS) is 10.4. The van der Waals surface area contributed by atoms with E-state index < -0.39 is 0 Å². The molecule has 0 atom stereocenters. The van der Waals surface area contributed by atoms with Gasteiger partial charge >= 0.3 is 6.13 Å². The number of aryl methyl sites for hydroxylation is 3. The first-order chi connectivity index (χ1) is 8.09. The van der Waals surface area contributed by atoms with E-state index in [4.69, 9.17) is 11.5 Å². The van der Waals surface area contributed by atoms with E-state index in [-0.39, 0.29) is 6.13 Å². The highest BCUT2D eigenvalue weighted by Crippen LogP contribution is 2.09. The van der Waals surface area contributed by atoms with Crippen molar-refractivity contribution in [2.75, 3.05) is 0 Å². The summed E-state index contributed by atoms with van der Waals surface area (Å²) in [6.45, 7) is 6.39. The first kappa shape index (κ1) is 12.3. The van der Waals surface area contributed by atoms with Crippen LogP contribution in [0.4, 0.5) is 0 Å². The summed E-state index contributed by atoms with van der Waals surface area (Å²) in [6, 6.07) is 14.6. The van der Waals surface area contributed by atoms with Crippen molar-refractivity contribution in [3.63, 3.8) is 0 Å². The molecule has 0 radical (unpaired) electrons. The third-order valence-electron chi connectivity index (χ3n) is 3.08. The van der Waals surface area contributed by atoms with Crippen molar-refractivity contribution in [2.45, 2.75) is 20.8 Å². The van der Waals surface area contributed by atoms with Gasteiger partial charge < -0.3 is 0 Å². The Morgan fingerprint density at radius 2 is 1.41 bits per heavy atom. The molecule has 0 nitrogen and oxygen atoms in total. The average Bonchev–Trinajstić information content (AvgIpc) is 2.28. The summed E-state index contributed by atoms with van der Waals surface area (Å²) in [5.41, 5.74) is 6.23. The van der Waals surface area contributed by atoms with Crippen LogP contribution in [0.5, 0.6) is 0 Å². The van der Waals surface area contributed by atoms with Crippen LogP contribution in [0.25, 0.3) is 0 Å². The predicted molar refractivity (Wildman–Crippen MR) is 78.0 cm³/mol. The molecule has 2 heteroatoms. The molecule has 0 saturated heterocycles. The number of halogens is 1. The maximum atomic E-state index is 6.59. The van der Waals surface area contributed by atoms with Crippen molar-refractivity contribution >= 4 is 28.5 Å². The Kier molecular flexibility index (Phi) is 3.59. The van der Waals surface area contributed by atoms with E-state index in [1.165, 1.54) is 22.2 Å². The second-order valence-electron chi connectivity index (χ2n) is 4.59. The third-order valence-corrected chi connectivity index (χ3v) is 3.55. The Hall–Kier alpha value is -1.21. The van der Waals surface area contributed by atoms with Crippen LogP contribution in [0.1, 0.15) is 16.7 Å². The van der Waals surface area contributed by atoms with Gasteiger partial charge in [-0.1, -0.05) is 70.1 Å². The van der Waals surface area contributed by atoms with Crippen molar-refractivity contribution in [3.8, 4) is 0 Å². The summed E-state index contributed by atoms with van der Waals surface area (Å²) in [5, 5.41) is 0. The second kappa shape index (κ2) is 4.97. The Morgan fingerprint density at radius 3 is 1.94 bits per heavy atom. The lowest BCUT2D eigenvalue weighted by molar-refractivity contribution is 1.35. The highest BCUT2D eigenvalue weighted by atomic mass is 35.5. The summed E-state index contributed by atoms with van der Waals surface area (Å²) in [5.74, 6) is 0. The van der Waals surface area contributed by atoms with Crippen LogP contribution in [-0.4, -0.2) is 6.13 Å². The molecule has 0 aliphatic carbocycles. The molecule has 0 aliphatic rings. The summed E-state index contributed by atoms with van der Waals surface area (Å²) in [7, 11) is 0. The average molecular weight is 243 g/mol. The second-order valence-corrected chi connectivity index (χ2v) is 5.02. The smallest absolute Gasteiger partial charge is 0.182 e. The predicted octanol–water partition coefficient (Wildman–Crippen LogP) is 2.96. The zero-order chi connectivity index (χ0) is 12.4. The first-order valence-corrected chi connectivity index (χ1v) is 6.30. The van der Waals surface area contributed by atoms with Gasteiger partial charge in [-0.3, -0.25) is 0 Å². The Balaban J connectivity index is 2.48.